The van der Waals surface area contributed by atoms with Crippen LogP contribution in [0.15, 0.2) is 53.4 Å². The number of hydrogen-bond donors (Lipinski definition) is 0. The standard InChI is InChI=1S/C24H23F2NO5S/c1-4-5-12-32-24(29)23(28)19-14-22(16-6-9-18(10-7-16)33(3,30)31)27(15(19)2)17-8-11-20(25)21(26)13-17/h6-11,13-14H,4-5,12H2,1-3H3. The second-order valence-electron chi connectivity index (χ2n) is 7.58. The van der Waals surface area contributed by atoms with Crippen LogP contribution in [0, 0.1) is 18.6 Å². The molecule has 0 unspecified atom stereocenters. The number of esters is 1. The van der Waals surface area contributed by atoms with Crippen molar-refractivity contribution < 1.29 is 31.5 Å². The maximum Gasteiger partial charge on any atom is 0.379 e. The number of aromatic nitrogens is 1. The van der Waals surface area contributed by atoms with Crippen molar-refractivity contribution in [1.29, 1.82) is 0 Å². The molecule has 0 saturated carbocycles. The molecule has 0 saturated heterocycles. The predicted octanol–water partition coefficient (Wildman–Crippen LogP) is 4.66. The van der Waals surface area contributed by atoms with Crippen molar-refractivity contribution in [1.82, 2.24) is 4.57 Å². The van der Waals surface area contributed by atoms with Gasteiger partial charge in [-0.3, -0.25) is 4.79 Å². The van der Waals surface area contributed by atoms with Crippen LogP contribution in [0.25, 0.3) is 16.9 Å². The summed E-state index contributed by atoms with van der Waals surface area (Å²) < 4.78 is 57.6. The molecule has 0 amide bonds. The number of ether oxygens (including phenoxy) is 1. The van der Waals surface area contributed by atoms with Gasteiger partial charge in [-0.2, -0.15) is 0 Å². The number of hydrogen-bond acceptors (Lipinski definition) is 5. The van der Waals surface area contributed by atoms with Gasteiger partial charge in [0.05, 0.1) is 22.8 Å². The summed E-state index contributed by atoms with van der Waals surface area (Å²) >= 11 is 0. The SMILES string of the molecule is CCCCOC(=O)C(=O)c1cc(-c2ccc(S(C)(=O)=O)cc2)n(-c2ccc(F)c(F)c2)c1C. The van der Waals surface area contributed by atoms with E-state index in [0.29, 0.717) is 23.4 Å². The quantitative estimate of drug-likeness (QED) is 0.205. The Morgan fingerprint density at radius 2 is 1.67 bits per heavy atom. The van der Waals surface area contributed by atoms with Crippen molar-refractivity contribution in [2.75, 3.05) is 12.9 Å². The molecule has 33 heavy (non-hydrogen) atoms. The van der Waals surface area contributed by atoms with E-state index in [4.69, 9.17) is 4.74 Å². The Labute approximate surface area is 190 Å². The molecule has 2 aromatic carbocycles. The van der Waals surface area contributed by atoms with Crippen molar-refractivity contribution >= 4 is 21.6 Å². The van der Waals surface area contributed by atoms with Gasteiger partial charge in [-0.15, -0.1) is 0 Å². The number of sulfone groups is 1. The number of halogens is 2. The highest BCUT2D eigenvalue weighted by Crippen LogP contribution is 2.31. The summed E-state index contributed by atoms with van der Waals surface area (Å²) in [5, 5.41) is 0. The van der Waals surface area contributed by atoms with Gasteiger partial charge in [0.15, 0.2) is 21.5 Å². The topological polar surface area (TPSA) is 82.4 Å². The number of unbranched alkanes of at least 4 members (excludes halogenated alkanes) is 1. The van der Waals surface area contributed by atoms with Crippen LogP contribution in [0.5, 0.6) is 0 Å². The number of ketones is 1. The van der Waals surface area contributed by atoms with Gasteiger partial charge in [-0.25, -0.2) is 22.0 Å². The summed E-state index contributed by atoms with van der Waals surface area (Å²) in [6.07, 6.45) is 2.49. The van der Waals surface area contributed by atoms with Gasteiger partial charge >= 0.3 is 5.97 Å². The summed E-state index contributed by atoms with van der Waals surface area (Å²) in [5.74, 6) is -3.98. The van der Waals surface area contributed by atoms with Crippen molar-refractivity contribution in [2.24, 2.45) is 0 Å². The minimum atomic E-state index is -3.43. The zero-order valence-corrected chi connectivity index (χ0v) is 19.2. The Morgan fingerprint density at radius 1 is 1.00 bits per heavy atom. The minimum Gasteiger partial charge on any atom is -0.460 e. The summed E-state index contributed by atoms with van der Waals surface area (Å²) in [7, 11) is -3.43. The normalized spacial score (nSPS) is 11.4. The number of carbonyl (C=O) groups is 2. The molecule has 1 aromatic heterocycles. The van der Waals surface area contributed by atoms with Crippen molar-refractivity contribution in [2.45, 2.75) is 31.6 Å². The molecule has 9 heteroatoms. The van der Waals surface area contributed by atoms with Gasteiger partial charge in [0, 0.05) is 23.7 Å². The fraction of sp³-hybridized carbons (Fsp3) is 0.250. The van der Waals surface area contributed by atoms with Crippen LogP contribution < -0.4 is 0 Å². The second kappa shape index (κ2) is 9.66. The van der Waals surface area contributed by atoms with E-state index in [1.165, 1.54) is 41.0 Å². The molecule has 3 aromatic rings. The Kier molecular flexibility index (Phi) is 7.12. The number of nitrogens with zero attached hydrogens (tertiary/aromatic N) is 1. The van der Waals surface area contributed by atoms with E-state index in [-0.39, 0.29) is 22.8 Å². The van der Waals surface area contributed by atoms with Crippen LogP contribution in [0.3, 0.4) is 0 Å². The zero-order valence-electron chi connectivity index (χ0n) is 18.4. The van der Waals surface area contributed by atoms with Gasteiger partial charge in [-0.1, -0.05) is 25.5 Å². The average molecular weight is 476 g/mol. The van der Waals surface area contributed by atoms with Crippen molar-refractivity contribution in [3.63, 3.8) is 0 Å². The Bertz CT molecular complexity index is 1310. The van der Waals surface area contributed by atoms with Gasteiger partial charge in [0.1, 0.15) is 0 Å². The maximum absolute atomic E-state index is 14.0. The van der Waals surface area contributed by atoms with E-state index in [1.54, 1.807) is 6.92 Å². The zero-order chi connectivity index (χ0) is 24.3. The van der Waals surface area contributed by atoms with Crippen LogP contribution in [0.4, 0.5) is 8.78 Å². The molecule has 0 fully saturated rings. The molecule has 0 radical (unpaired) electrons. The van der Waals surface area contributed by atoms with Crippen LogP contribution in [0.1, 0.15) is 35.8 Å². The fourth-order valence-corrected chi connectivity index (χ4v) is 3.99. The molecule has 174 valence electrons. The van der Waals surface area contributed by atoms with Gasteiger partial charge in [0.25, 0.3) is 5.78 Å². The third kappa shape index (κ3) is 5.19. The number of carbonyl (C=O) groups excluding carboxylic acids is 2. The third-order valence-corrected chi connectivity index (χ3v) is 6.28. The molecular formula is C24H23F2NO5S. The first-order chi connectivity index (χ1) is 15.5. The molecule has 0 aliphatic carbocycles. The van der Waals surface area contributed by atoms with Crippen LogP contribution in [0.2, 0.25) is 0 Å². The Morgan fingerprint density at radius 3 is 2.24 bits per heavy atom. The van der Waals surface area contributed by atoms with E-state index in [9.17, 15) is 26.8 Å². The third-order valence-electron chi connectivity index (χ3n) is 5.15. The first kappa shape index (κ1) is 24.3. The van der Waals surface area contributed by atoms with Crippen LogP contribution >= 0.6 is 0 Å². The molecular weight excluding hydrogens is 452 g/mol. The highest BCUT2D eigenvalue weighted by atomic mass is 32.2. The monoisotopic (exact) mass is 475 g/mol. The largest absolute Gasteiger partial charge is 0.460 e. The summed E-state index contributed by atoms with van der Waals surface area (Å²) in [6.45, 7) is 3.61. The van der Waals surface area contributed by atoms with E-state index in [0.717, 1.165) is 24.8 Å². The van der Waals surface area contributed by atoms with E-state index in [2.05, 4.69) is 0 Å². The molecule has 0 bridgehead atoms. The van der Waals surface area contributed by atoms with Crippen molar-refractivity contribution in [3.05, 3.63) is 71.4 Å². The summed E-state index contributed by atoms with van der Waals surface area (Å²) in [4.78, 5) is 25.2. The highest BCUT2D eigenvalue weighted by molar-refractivity contribution is 7.90. The molecule has 0 aliphatic rings. The molecule has 0 N–H and O–H groups in total. The average Bonchev–Trinajstić information content (AvgIpc) is 3.11. The smallest absolute Gasteiger partial charge is 0.379 e. The maximum atomic E-state index is 14.0. The molecule has 3 rings (SSSR count). The van der Waals surface area contributed by atoms with Crippen LogP contribution in [-0.4, -0.2) is 37.6 Å². The summed E-state index contributed by atoms with van der Waals surface area (Å²) in [5.41, 5.74) is 1.49. The molecule has 0 aliphatic heterocycles. The van der Waals surface area contributed by atoms with Gasteiger partial charge < -0.3 is 9.30 Å². The lowest BCUT2D eigenvalue weighted by Gasteiger charge is -2.13. The fourth-order valence-electron chi connectivity index (χ4n) is 3.36. The van der Waals surface area contributed by atoms with E-state index >= 15 is 0 Å². The number of Topliss-reactive ketones (excluding diaryl/α,β-unsaturated/α-hetero) is 1. The lowest BCUT2D eigenvalue weighted by molar-refractivity contribution is -0.138. The first-order valence-electron chi connectivity index (χ1n) is 10.2. The lowest BCUT2D eigenvalue weighted by Crippen LogP contribution is -2.19. The number of rotatable bonds is 8. The minimum absolute atomic E-state index is 0.0448. The second-order valence-corrected chi connectivity index (χ2v) is 9.59. The number of benzene rings is 2. The summed E-state index contributed by atoms with van der Waals surface area (Å²) in [6, 6.07) is 10.6. The molecule has 1 heterocycles. The molecule has 0 atom stereocenters. The Hall–Kier alpha value is -3.33. The van der Waals surface area contributed by atoms with Crippen molar-refractivity contribution in [3.8, 4) is 16.9 Å². The van der Waals surface area contributed by atoms with Gasteiger partial charge in [-0.05, 0) is 49.2 Å². The highest BCUT2D eigenvalue weighted by Gasteiger charge is 2.26. The molecule has 6 nitrogen and oxygen atoms in total. The predicted molar refractivity (Wildman–Crippen MR) is 119 cm³/mol. The Balaban J connectivity index is 2.14. The van der Waals surface area contributed by atoms with Gasteiger partial charge in [0.2, 0.25) is 0 Å². The molecule has 0 spiro atoms. The first-order valence-corrected chi connectivity index (χ1v) is 12.1. The lowest BCUT2D eigenvalue weighted by atomic mass is 10.1. The van der Waals surface area contributed by atoms with E-state index in [1.807, 2.05) is 6.92 Å². The van der Waals surface area contributed by atoms with E-state index < -0.39 is 33.2 Å². The van der Waals surface area contributed by atoms with Crippen LogP contribution in [-0.2, 0) is 19.4 Å².